The van der Waals surface area contributed by atoms with Gasteiger partial charge in [-0.1, -0.05) is 6.07 Å². The molecule has 27 heavy (non-hydrogen) atoms. The molecule has 1 fully saturated rings. The Morgan fingerprint density at radius 2 is 1.70 bits per heavy atom. The van der Waals surface area contributed by atoms with Gasteiger partial charge < -0.3 is 10.6 Å². The van der Waals surface area contributed by atoms with Gasteiger partial charge in [-0.3, -0.25) is 14.3 Å². The molecule has 0 unspecified atom stereocenters. The number of aromatic nitrogens is 4. The van der Waals surface area contributed by atoms with Gasteiger partial charge in [0.2, 0.25) is 0 Å². The number of nitrogens with one attached hydrogen (secondary N) is 2. The molecule has 3 heterocycles. The summed E-state index contributed by atoms with van der Waals surface area (Å²) in [5.41, 5.74) is 1.61. The van der Waals surface area contributed by atoms with Crippen LogP contribution in [0.5, 0.6) is 0 Å². The molecule has 0 aliphatic heterocycles. The van der Waals surface area contributed by atoms with Gasteiger partial charge in [0.05, 0.1) is 30.0 Å². The summed E-state index contributed by atoms with van der Waals surface area (Å²) in [6, 6.07) is 9.66. The zero-order valence-corrected chi connectivity index (χ0v) is 15.2. The molecule has 1 saturated carbocycles. The van der Waals surface area contributed by atoms with Gasteiger partial charge in [-0.25, -0.2) is 9.97 Å². The Morgan fingerprint density at radius 1 is 0.926 bits per heavy atom. The van der Waals surface area contributed by atoms with Crippen LogP contribution in [0.25, 0.3) is 5.69 Å². The van der Waals surface area contributed by atoms with E-state index in [1.54, 1.807) is 35.4 Å². The molecule has 2 N–H and O–H groups in total. The molecule has 3 aromatic rings. The quantitative estimate of drug-likeness (QED) is 0.726. The van der Waals surface area contributed by atoms with Crippen LogP contribution >= 0.6 is 0 Å². The van der Waals surface area contributed by atoms with Crippen molar-refractivity contribution in [3.8, 4) is 5.69 Å². The molecule has 3 aromatic heterocycles. The lowest BCUT2D eigenvalue weighted by Crippen LogP contribution is -2.21. The maximum absolute atomic E-state index is 11.9. The van der Waals surface area contributed by atoms with Gasteiger partial charge in [0.25, 0.3) is 5.56 Å². The Labute approximate surface area is 157 Å². The number of rotatable bonds is 5. The highest BCUT2D eigenvalue weighted by atomic mass is 16.1. The molecule has 0 aromatic carbocycles. The fourth-order valence-electron chi connectivity index (χ4n) is 3.38. The number of nitrogens with zero attached hydrogens (tertiary/aromatic N) is 4. The third-order valence-electron chi connectivity index (χ3n) is 4.77. The summed E-state index contributed by atoms with van der Waals surface area (Å²) in [4.78, 5) is 25.0. The number of hydrogen-bond acceptors (Lipinski definition) is 6. The van der Waals surface area contributed by atoms with Crippen LogP contribution in [0.15, 0.2) is 59.9 Å². The lowest BCUT2D eigenvalue weighted by Gasteiger charge is -2.15. The summed E-state index contributed by atoms with van der Waals surface area (Å²) in [6.45, 7) is 1.93. The van der Waals surface area contributed by atoms with E-state index in [0.29, 0.717) is 12.1 Å². The second-order valence-electron chi connectivity index (χ2n) is 6.85. The Bertz CT molecular complexity index is 951. The van der Waals surface area contributed by atoms with E-state index in [-0.39, 0.29) is 5.56 Å². The molecule has 0 amide bonds. The first-order valence-electron chi connectivity index (χ1n) is 9.13. The van der Waals surface area contributed by atoms with Gasteiger partial charge in [0.15, 0.2) is 0 Å². The van der Waals surface area contributed by atoms with Crippen molar-refractivity contribution in [1.29, 1.82) is 0 Å². The van der Waals surface area contributed by atoms with Crippen LogP contribution in [-0.2, 0) is 0 Å². The lowest BCUT2D eigenvalue weighted by molar-refractivity contribution is 0.719. The van der Waals surface area contributed by atoms with Crippen molar-refractivity contribution >= 4 is 11.6 Å². The Hall–Kier alpha value is -3.22. The highest BCUT2D eigenvalue weighted by Gasteiger charge is 2.25. The van der Waals surface area contributed by atoms with Gasteiger partial charge in [-0.05, 0) is 44.4 Å². The first-order valence-corrected chi connectivity index (χ1v) is 9.13. The molecule has 1 aliphatic rings. The number of pyridine rings is 2. The first kappa shape index (κ1) is 17.2. The van der Waals surface area contributed by atoms with Crippen LogP contribution in [0, 0.1) is 6.92 Å². The van der Waals surface area contributed by atoms with Crippen LogP contribution < -0.4 is 16.2 Å². The van der Waals surface area contributed by atoms with Crippen LogP contribution in [0.2, 0.25) is 0 Å². The largest absolute Gasteiger partial charge is 0.367 e. The van der Waals surface area contributed by atoms with E-state index < -0.39 is 0 Å². The maximum atomic E-state index is 11.9. The molecule has 0 saturated heterocycles. The van der Waals surface area contributed by atoms with Crippen LogP contribution in [0.4, 0.5) is 11.6 Å². The smallest absolute Gasteiger partial charge is 0.255 e. The first-order chi connectivity index (χ1) is 13.2. The van der Waals surface area contributed by atoms with E-state index in [0.717, 1.165) is 42.3 Å². The van der Waals surface area contributed by atoms with Crippen LogP contribution in [0.1, 0.15) is 25.0 Å². The topological polar surface area (TPSA) is 84.7 Å². The highest BCUT2D eigenvalue weighted by Crippen LogP contribution is 2.25. The molecule has 2 atom stereocenters. The molecular formula is C20H22N6O. The number of aryl methyl sites for hydroxylation is 1. The van der Waals surface area contributed by atoms with Crippen molar-refractivity contribution in [2.45, 2.75) is 38.3 Å². The van der Waals surface area contributed by atoms with E-state index in [1.807, 2.05) is 25.1 Å². The molecular weight excluding hydrogens is 340 g/mol. The van der Waals surface area contributed by atoms with Crippen LogP contribution in [0.3, 0.4) is 0 Å². The van der Waals surface area contributed by atoms with E-state index in [4.69, 9.17) is 0 Å². The number of hydrogen-bond donors (Lipinski definition) is 2. The average molecular weight is 362 g/mol. The van der Waals surface area contributed by atoms with Crippen molar-refractivity contribution in [2.24, 2.45) is 0 Å². The molecule has 1 aliphatic carbocycles. The van der Waals surface area contributed by atoms with Crippen molar-refractivity contribution in [3.05, 3.63) is 71.2 Å². The summed E-state index contributed by atoms with van der Waals surface area (Å²) in [7, 11) is 0. The fraction of sp³-hybridized carbons (Fsp3) is 0.300. The zero-order valence-electron chi connectivity index (χ0n) is 15.2. The molecule has 0 radical (unpaired) electrons. The standard InChI is InChI=1S/C20H22N6O/c1-14-11-22-19(13-21-14)25-16-6-5-15(10-16)24-18-8-7-17(12-23-18)26-9-3-2-4-20(26)27/h2-4,7-9,11-13,15-16H,5-6,10H2,1H3,(H,22,25)(H,23,24)/t15-,16-/m0/s1. The molecule has 0 spiro atoms. The predicted molar refractivity (Wildman–Crippen MR) is 105 cm³/mol. The van der Waals surface area contributed by atoms with E-state index in [2.05, 4.69) is 25.6 Å². The summed E-state index contributed by atoms with van der Waals surface area (Å²) in [5, 5.41) is 6.93. The van der Waals surface area contributed by atoms with Gasteiger partial charge in [-0.15, -0.1) is 0 Å². The summed E-state index contributed by atoms with van der Waals surface area (Å²) in [5.74, 6) is 1.64. The predicted octanol–water partition coefficient (Wildman–Crippen LogP) is 2.78. The minimum Gasteiger partial charge on any atom is -0.367 e. The van der Waals surface area contributed by atoms with Gasteiger partial charge in [-0.2, -0.15) is 0 Å². The van der Waals surface area contributed by atoms with Gasteiger partial charge >= 0.3 is 0 Å². The normalized spacial score (nSPS) is 19.0. The maximum Gasteiger partial charge on any atom is 0.255 e. The van der Waals surface area contributed by atoms with Gasteiger partial charge in [0, 0.05) is 24.3 Å². The second-order valence-corrected chi connectivity index (χ2v) is 6.85. The molecule has 4 rings (SSSR count). The molecule has 7 nitrogen and oxygen atoms in total. The Kier molecular flexibility index (Phi) is 4.82. The molecule has 7 heteroatoms. The molecule has 138 valence electrons. The van der Waals surface area contributed by atoms with Crippen molar-refractivity contribution in [3.63, 3.8) is 0 Å². The Morgan fingerprint density at radius 3 is 2.37 bits per heavy atom. The summed E-state index contributed by atoms with van der Waals surface area (Å²) < 4.78 is 1.58. The number of anilines is 2. The SMILES string of the molecule is Cc1cnc(N[C@H]2CC[C@H](Nc3ccc(-n4ccccc4=O)cn3)C2)cn1. The van der Waals surface area contributed by atoms with Crippen molar-refractivity contribution in [2.75, 3.05) is 10.6 Å². The van der Waals surface area contributed by atoms with Gasteiger partial charge in [0.1, 0.15) is 11.6 Å². The fourth-order valence-corrected chi connectivity index (χ4v) is 3.38. The third kappa shape index (κ3) is 4.13. The zero-order chi connectivity index (χ0) is 18.6. The van der Waals surface area contributed by atoms with Crippen molar-refractivity contribution < 1.29 is 0 Å². The third-order valence-corrected chi connectivity index (χ3v) is 4.77. The highest BCUT2D eigenvalue weighted by molar-refractivity contribution is 5.42. The van der Waals surface area contributed by atoms with E-state index in [1.165, 1.54) is 6.07 Å². The van der Waals surface area contributed by atoms with E-state index >= 15 is 0 Å². The monoisotopic (exact) mass is 362 g/mol. The lowest BCUT2D eigenvalue weighted by atomic mass is 10.2. The second kappa shape index (κ2) is 7.57. The average Bonchev–Trinajstić information content (AvgIpc) is 3.12. The minimum atomic E-state index is -0.0658. The van der Waals surface area contributed by atoms with E-state index in [9.17, 15) is 4.79 Å². The minimum absolute atomic E-state index is 0.0658. The Balaban J connectivity index is 1.35. The summed E-state index contributed by atoms with van der Waals surface area (Å²) in [6.07, 6.45) is 10.2. The summed E-state index contributed by atoms with van der Waals surface area (Å²) >= 11 is 0. The molecule has 0 bridgehead atoms. The van der Waals surface area contributed by atoms with Crippen molar-refractivity contribution in [1.82, 2.24) is 19.5 Å². The van der Waals surface area contributed by atoms with Crippen LogP contribution in [-0.4, -0.2) is 31.6 Å².